The average molecular weight is 392 g/mol. The van der Waals surface area contributed by atoms with Gasteiger partial charge in [-0.1, -0.05) is 37.4 Å². The van der Waals surface area contributed by atoms with Crippen molar-refractivity contribution >= 4 is 23.2 Å². The van der Waals surface area contributed by atoms with Crippen LogP contribution in [-0.4, -0.2) is 28.6 Å². The predicted octanol–water partition coefficient (Wildman–Crippen LogP) is 4.07. The highest BCUT2D eigenvalue weighted by Gasteiger charge is 2.18. The van der Waals surface area contributed by atoms with Crippen LogP contribution in [0, 0.1) is 11.7 Å². The number of hydrogen-bond donors (Lipinski definition) is 1. The van der Waals surface area contributed by atoms with Gasteiger partial charge in [-0.2, -0.15) is 0 Å². The maximum atomic E-state index is 13.3. The van der Waals surface area contributed by atoms with Gasteiger partial charge in [0.25, 0.3) is 5.91 Å². The lowest BCUT2D eigenvalue weighted by molar-refractivity contribution is -0.123. The fraction of sp³-hybridized carbons (Fsp3) is 0.400. The number of imidazole rings is 1. The lowest BCUT2D eigenvalue weighted by Crippen LogP contribution is -2.30. The Morgan fingerprint density at radius 1 is 1.44 bits per heavy atom. The van der Waals surface area contributed by atoms with Crippen LogP contribution < -0.4 is 10.1 Å². The molecule has 1 aromatic carbocycles. The van der Waals surface area contributed by atoms with Crippen molar-refractivity contribution < 1.29 is 13.9 Å². The van der Waals surface area contributed by atoms with Gasteiger partial charge in [0, 0.05) is 30.9 Å². The first-order valence-electron chi connectivity index (χ1n) is 9.07. The van der Waals surface area contributed by atoms with Gasteiger partial charge in [0.15, 0.2) is 6.61 Å². The molecule has 0 saturated heterocycles. The quantitative estimate of drug-likeness (QED) is 0.700. The number of aromatic nitrogens is 2. The predicted molar refractivity (Wildman–Crippen MR) is 103 cm³/mol. The van der Waals surface area contributed by atoms with Crippen molar-refractivity contribution in [1.82, 2.24) is 14.9 Å². The first-order valence-corrected chi connectivity index (χ1v) is 9.44. The third kappa shape index (κ3) is 5.57. The zero-order chi connectivity index (χ0) is 19.2. The number of benzene rings is 1. The summed E-state index contributed by atoms with van der Waals surface area (Å²) in [5.74, 6) is 0.168. The summed E-state index contributed by atoms with van der Waals surface area (Å²) in [6, 6.07) is 4.05. The van der Waals surface area contributed by atoms with E-state index in [1.807, 2.05) is 10.8 Å². The number of rotatable bonds is 9. The van der Waals surface area contributed by atoms with Gasteiger partial charge in [0.1, 0.15) is 11.6 Å². The van der Waals surface area contributed by atoms with Crippen LogP contribution in [0.5, 0.6) is 5.75 Å². The number of ether oxygens (including phenoxy) is 1. The van der Waals surface area contributed by atoms with E-state index in [1.54, 1.807) is 6.33 Å². The molecular formula is C20H23ClFN3O2. The molecule has 7 heteroatoms. The molecule has 144 valence electrons. The van der Waals surface area contributed by atoms with Crippen LogP contribution >= 0.6 is 11.6 Å². The number of carbonyl (C=O) groups excluding carboxylic acids is 1. The molecule has 2 aromatic rings. The lowest BCUT2D eigenvalue weighted by Gasteiger charge is -2.24. The Bertz CT molecular complexity index is 817. The Labute approximate surface area is 163 Å². The fourth-order valence-electron chi connectivity index (χ4n) is 2.88. The van der Waals surface area contributed by atoms with E-state index in [0.29, 0.717) is 13.0 Å². The molecule has 1 aliphatic rings. The Morgan fingerprint density at radius 3 is 2.96 bits per heavy atom. The highest BCUT2D eigenvalue weighted by molar-refractivity contribution is 6.30. The van der Waals surface area contributed by atoms with Crippen LogP contribution in [0.15, 0.2) is 37.3 Å². The first kappa shape index (κ1) is 19.4. The fourth-order valence-corrected chi connectivity index (χ4v) is 2.99. The zero-order valence-corrected chi connectivity index (χ0v) is 15.8. The topological polar surface area (TPSA) is 56.1 Å². The minimum Gasteiger partial charge on any atom is -0.484 e. The molecule has 1 heterocycles. The molecule has 0 radical (unpaired) electrons. The van der Waals surface area contributed by atoms with Gasteiger partial charge >= 0.3 is 0 Å². The van der Waals surface area contributed by atoms with Gasteiger partial charge in [0.05, 0.1) is 17.0 Å². The van der Waals surface area contributed by atoms with E-state index in [9.17, 15) is 9.18 Å². The molecule has 3 rings (SSSR count). The second-order valence-electron chi connectivity index (χ2n) is 6.80. The van der Waals surface area contributed by atoms with Crippen LogP contribution in [0.1, 0.15) is 31.4 Å². The number of halogens is 2. The minimum atomic E-state index is -0.581. The number of carbonyl (C=O) groups is 1. The van der Waals surface area contributed by atoms with Crippen molar-refractivity contribution in [2.75, 3.05) is 13.2 Å². The normalized spacial score (nSPS) is 13.9. The van der Waals surface area contributed by atoms with Gasteiger partial charge in [-0.3, -0.25) is 4.79 Å². The molecule has 0 aliphatic heterocycles. The van der Waals surface area contributed by atoms with Gasteiger partial charge in [-0.25, -0.2) is 9.37 Å². The van der Waals surface area contributed by atoms with Gasteiger partial charge in [-0.15, -0.1) is 0 Å². The molecule has 5 nitrogen and oxygen atoms in total. The SMILES string of the molecule is C=C(CCNC(=O)COc1ccc(Cl)c(F)c1)n1cnc(CC2CCC2)c1. The highest BCUT2D eigenvalue weighted by atomic mass is 35.5. The maximum absolute atomic E-state index is 13.3. The number of hydrogen-bond acceptors (Lipinski definition) is 3. The Kier molecular flexibility index (Phi) is 6.50. The van der Waals surface area contributed by atoms with Crippen molar-refractivity contribution in [3.05, 3.63) is 53.8 Å². The summed E-state index contributed by atoms with van der Waals surface area (Å²) in [6.45, 7) is 4.29. The molecule has 0 atom stereocenters. The number of nitrogens with zero attached hydrogens (tertiary/aromatic N) is 2. The van der Waals surface area contributed by atoms with E-state index >= 15 is 0 Å². The Hall–Kier alpha value is -2.34. The van der Waals surface area contributed by atoms with E-state index in [0.717, 1.165) is 29.8 Å². The summed E-state index contributed by atoms with van der Waals surface area (Å²) in [7, 11) is 0. The molecule has 1 N–H and O–H groups in total. The molecule has 1 aromatic heterocycles. The maximum Gasteiger partial charge on any atom is 0.257 e. The van der Waals surface area contributed by atoms with Crippen molar-refractivity contribution in [2.45, 2.75) is 32.1 Å². The van der Waals surface area contributed by atoms with Gasteiger partial charge in [0.2, 0.25) is 0 Å². The zero-order valence-electron chi connectivity index (χ0n) is 15.1. The van der Waals surface area contributed by atoms with E-state index in [-0.39, 0.29) is 23.3 Å². The second kappa shape index (κ2) is 9.04. The molecule has 0 unspecified atom stereocenters. The molecule has 0 bridgehead atoms. The third-order valence-corrected chi connectivity index (χ3v) is 5.03. The van der Waals surface area contributed by atoms with Crippen LogP contribution in [0.4, 0.5) is 4.39 Å². The third-order valence-electron chi connectivity index (χ3n) is 4.72. The van der Waals surface area contributed by atoms with Crippen molar-refractivity contribution in [3.8, 4) is 5.75 Å². The summed E-state index contributed by atoms with van der Waals surface area (Å²) in [6.07, 6.45) is 9.33. The van der Waals surface area contributed by atoms with Crippen LogP contribution in [0.2, 0.25) is 5.02 Å². The molecule has 1 aliphatic carbocycles. The molecule has 27 heavy (non-hydrogen) atoms. The molecular weight excluding hydrogens is 369 g/mol. The largest absolute Gasteiger partial charge is 0.484 e. The van der Waals surface area contributed by atoms with Crippen LogP contribution in [0.3, 0.4) is 0 Å². The summed E-state index contributed by atoms with van der Waals surface area (Å²) < 4.78 is 20.5. The van der Waals surface area contributed by atoms with Gasteiger partial charge in [-0.05, 0) is 24.5 Å². The Morgan fingerprint density at radius 2 is 2.26 bits per heavy atom. The van der Waals surface area contributed by atoms with Gasteiger partial charge < -0.3 is 14.6 Å². The number of amides is 1. The van der Waals surface area contributed by atoms with Crippen molar-refractivity contribution in [3.63, 3.8) is 0 Å². The molecule has 1 amide bonds. The highest BCUT2D eigenvalue weighted by Crippen LogP contribution is 2.29. The van der Waals surface area contributed by atoms with Crippen molar-refractivity contribution in [1.29, 1.82) is 0 Å². The van der Waals surface area contributed by atoms with E-state index in [2.05, 4.69) is 16.9 Å². The summed E-state index contributed by atoms with van der Waals surface area (Å²) in [5.41, 5.74) is 1.96. The minimum absolute atomic E-state index is 0.0145. The summed E-state index contributed by atoms with van der Waals surface area (Å²) in [4.78, 5) is 16.3. The summed E-state index contributed by atoms with van der Waals surface area (Å²) in [5, 5.41) is 2.77. The molecule has 1 saturated carbocycles. The first-order chi connectivity index (χ1) is 13.0. The Balaban J connectivity index is 1.36. The van der Waals surface area contributed by atoms with E-state index in [1.165, 1.54) is 31.4 Å². The standard InChI is InChI=1S/C20H23ClFN3O2/c1-14(25-11-16(24-13-25)9-15-3-2-4-15)7-8-23-20(26)12-27-17-5-6-18(21)19(22)10-17/h5-6,10-11,13,15H,1-4,7-9,12H2,(H,23,26). The second-order valence-corrected chi connectivity index (χ2v) is 7.21. The molecule has 1 fully saturated rings. The summed E-state index contributed by atoms with van der Waals surface area (Å²) >= 11 is 5.60. The average Bonchev–Trinajstić information content (AvgIpc) is 3.08. The monoisotopic (exact) mass is 391 g/mol. The lowest BCUT2D eigenvalue weighted by atomic mass is 9.82. The van der Waals surface area contributed by atoms with Crippen LogP contribution in [0.25, 0.3) is 5.70 Å². The van der Waals surface area contributed by atoms with Crippen LogP contribution in [-0.2, 0) is 11.2 Å². The van der Waals surface area contributed by atoms with E-state index < -0.39 is 5.82 Å². The number of nitrogens with one attached hydrogen (secondary N) is 1. The molecule has 0 spiro atoms. The smallest absolute Gasteiger partial charge is 0.257 e. The van der Waals surface area contributed by atoms with E-state index in [4.69, 9.17) is 16.3 Å². The van der Waals surface area contributed by atoms with Crippen molar-refractivity contribution in [2.24, 2.45) is 5.92 Å².